The number of halogens is 1. The third-order valence-corrected chi connectivity index (χ3v) is 7.10. The molecule has 152 valence electrons. The van der Waals surface area contributed by atoms with E-state index in [0.29, 0.717) is 5.56 Å². The highest BCUT2D eigenvalue weighted by molar-refractivity contribution is 7.89. The maximum Gasteiger partial charge on any atom is 0.339 e. The highest BCUT2D eigenvalue weighted by Crippen LogP contribution is 2.24. The number of carbonyl (C=O) groups is 2. The standard InChI is InChI=1S/C20H19FN2O5S/c21-16-7-3-4-8-18(16)29(26,27)23-11-9-22(10-12-23)19(24)17-13-14-5-1-2-6-15(14)20(25)28-17/h1-8,17H,9-13H2/t17-/m0/s1. The van der Waals surface area contributed by atoms with Gasteiger partial charge in [0.2, 0.25) is 10.0 Å². The Labute approximate surface area is 167 Å². The topological polar surface area (TPSA) is 84.0 Å². The number of rotatable bonds is 3. The van der Waals surface area contributed by atoms with Crippen LogP contribution in [0.4, 0.5) is 4.39 Å². The summed E-state index contributed by atoms with van der Waals surface area (Å²) in [5.74, 6) is -1.69. The summed E-state index contributed by atoms with van der Waals surface area (Å²) in [6, 6.07) is 12.2. The molecule has 0 bridgehead atoms. The van der Waals surface area contributed by atoms with Crippen molar-refractivity contribution in [2.75, 3.05) is 26.2 Å². The van der Waals surface area contributed by atoms with Crippen molar-refractivity contribution in [2.24, 2.45) is 0 Å². The maximum atomic E-state index is 13.9. The highest BCUT2D eigenvalue weighted by Gasteiger charge is 2.37. The van der Waals surface area contributed by atoms with Crippen molar-refractivity contribution in [1.82, 2.24) is 9.21 Å². The molecular weight excluding hydrogens is 399 g/mol. The average Bonchev–Trinajstić information content (AvgIpc) is 2.73. The molecule has 0 saturated carbocycles. The van der Waals surface area contributed by atoms with E-state index in [1.54, 1.807) is 24.3 Å². The molecule has 0 spiro atoms. The first-order valence-electron chi connectivity index (χ1n) is 9.20. The van der Waals surface area contributed by atoms with Crippen molar-refractivity contribution < 1.29 is 27.1 Å². The Morgan fingerprint density at radius 2 is 1.66 bits per heavy atom. The van der Waals surface area contributed by atoms with E-state index in [2.05, 4.69) is 0 Å². The molecule has 9 heteroatoms. The van der Waals surface area contributed by atoms with Gasteiger partial charge in [0.15, 0.2) is 6.10 Å². The van der Waals surface area contributed by atoms with Crippen molar-refractivity contribution in [3.05, 3.63) is 65.5 Å². The van der Waals surface area contributed by atoms with Gasteiger partial charge < -0.3 is 9.64 Å². The second kappa shape index (κ2) is 7.57. The van der Waals surface area contributed by atoms with E-state index in [0.717, 1.165) is 15.9 Å². The summed E-state index contributed by atoms with van der Waals surface area (Å²) in [6.07, 6.45) is -0.638. The molecule has 1 fully saturated rings. The first-order valence-corrected chi connectivity index (χ1v) is 10.6. The van der Waals surface area contributed by atoms with Crippen LogP contribution in [0.3, 0.4) is 0 Å². The molecule has 4 rings (SSSR count). The molecule has 0 unspecified atom stereocenters. The number of hydrogen-bond acceptors (Lipinski definition) is 5. The van der Waals surface area contributed by atoms with E-state index in [-0.39, 0.29) is 43.4 Å². The van der Waals surface area contributed by atoms with E-state index in [1.807, 2.05) is 0 Å². The van der Waals surface area contributed by atoms with Crippen LogP contribution in [0, 0.1) is 5.82 Å². The van der Waals surface area contributed by atoms with E-state index < -0.39 is 27.9 Å². The molecule has 2 aliphatic rings. The van der Waals surface area contributed by atoms with E-state index in [9.17, 15) is 22.4 Å². The SMILES string of the molecule is O=C1O[C@H](C(=O)N2CCN(S(=O)(=O)c3ccccc3F)CC2)Cc2ccccc21. The van der Waals surface area contributed by atoms with Crippen LogP contribution in [-0.4, -0.2) is 61.8 Å². The first kappa shape index (κ1) is 19.5. The number of amides is 1. The monoisotopic (exact) mass is 418 g/mol. The fourth-order valence-electron chi connectivity index (χ4n) is 3.61. The zero-order chi connectivity index (χ0) is 20.6. The predicted octanol–water partition coefficient (Wildman–Crippen LogP) is 1.44. The number of nitrogens with zero attached hydrogens (tertiary/aromatic N) is 2. The van der Waals surface area contributed by atoms with Crippen molar-refractivity contribution in [3.8, 4) is 0 Å². The summed E-state index contributed by atoms with van der Waals surface area (Å²) in [7, 11) is -3.98. The number of hydrogen-bond donors (Lipinski definition) is 0. The zero-order valence-electron chi connectivity index (χ0n) is 15.5. The van der Waals surface area contributed by atoms with E-state index in [1.165, 1.54) is 23.1 Å². The lowest BCUT2D eigenvalue weighted by molar-refractivity contribution is -0.142. The smallest absolute Gasteiger partial charge is 0.339 e. The highest BCUT2D eigenvalue weighted by atomic mass is 32.2. The predicted molar refractivity (Wildman–Crippen MR) is 101 cm³/mol. The van der Waals surface area contributed by atoms with Crippen molar-refractivity contribution in [1.29, 1.82) is 0 Å². The summed E-state index contributed by atoms with van der Waals surface area (Å²) in [5, 5.41) is 0. The van der Waals surface area contributed by atoms with Crippen molar-refractivity contribution in [2.45, 2.75) is 17.4 Å². The largest absolute Gasteiger partial charge is 0.448 e. The molecule has 0 radical (unpaired) electrons. The van der Waals surface area contributed by atoms with Gasteiger partial charge in [-0.05, 0) is 23.8 Å². The van der Waals surface area contributed by atoms with Gasteiger partial charge in [0.25, 0.3) is 5.91 Å². The fourth-order valence-corrected chi connectivity index (χ4v) is 5.10. The van der Waals surface area contributed by atoms with Gasteiger partial charge in [0, 0.05) is 32.6 Å². The van der Waals surface area contributed by atoms with Crippen LogP contribution in [0.2, 0.25) is 0 Å². The van der Waals surface area contributed by atoms with Crippen LogP contribution >= 0.6 is 0 Å². The van der Waals surface area contributed by atoms with Gasteiger partial charge in [-0.3, -0.25) is 4.79 Å². The lowest BCUT2D eigenvalue weighted by Crippen LogP contribution is -2.54. The third kappa shape index (κ3) is 3.63. The van der Waals surface area contributed by atoms with E-state index in [4.69, 9.17) is 4.74 Å². The number of carbonyl (C=O) groups excluding carboxylic acids is 2. The summed E-state index contributed by atoms with van der Waals surface area (Å²) in [5.41, 5.74) is 1.21. The van der Waals surface area contributed by atoms with Crippen LogP contribution in [0.5, 0.6) is 0 Å². The van der Waals surface area contributed by atoms with Crippen LogP contribution in [0.25, 0.3) is 0 Å². The van der Waals surface area contributed by atoms with Crippen molar-refractivity contribution >= 4 is 21.9 Å². The molecular formula is C20H19FN2O5S. The number of piperazine rings is 1. The Morgan fingerprint density at radius 1 is 1.00 bits per heavy atom. The molecule has 1 saturated heterocycles. The number of cyclic esters (lactones) is 1. The maximum absolute atomic E-state index is 13.9. The zero-order valence-corrected chi connectivity index (χ0v) is 16.3. The van der Waals surface area contributed by atoms with Gasteiger partial charge >= 0.3 is 5.97 Å². The minimum absolute atomic E-state index is 0.0413. The normalized spacial score (nSPS) is 20.1. The second-order valence-electron chi connectivity index (χ2n) is 6.92. The van der Waals surface area contributed by atoms with Crippen LogP contribution < -0.4 is 0 Å². The number of fused-ring (bicyclic) bond motifs is 1. The van der Waals surface area contributed by atoms with Gasteiger partial charge in [-0.2, -0.15) is 4.31 Å². The van der Waals surface area contributed by atoms with Crippen LogP contribution in [0.15, 0.2) is 53.4 Å². The molecule has 2 heterocycles. The molecule has 2 aliphatic heterocycles. The fraction of sp³-hybridized carbons (Fsp3) is 0.300. The third-order valence-electron chi connectivity index (χ3n) is 5.17. The first-order chi connectivity index (χ1) is 13.9. The Morgan fingerprint density at radius 3 is 2.38 bits per heavy atom. The van der Waals surface area contributed by atoms with Gasteiger partial charge in [-0.15, -0.1) is 0 Å². The number of esters is 1. The van der Waals surface area contributed by atoms with Crippen LogP contribution in [0.1, 0.15) is 15.9 Å². The second-order valence-corrected chi connectivity index (χ2v) is 8.82. The molecule has 1 amide bonds. The molecule has 0 N–H and O–H groups in total. The number of benzene rings is 2. The van der Waals surface area contributed by atoms with Gasteiger partial charge in [-0.25, -0.2) is 17.6 Å². The molecule has 1 atom stereocenters. The Balaban J connectivity index is 1.43. The number of ether oxygens (including phenoxy) is 1. The number of sulfonamides is 1. The lowest BCUT2D eigenvalue weighted by Gasteiger charge is -2.36. The van der Waals surface area contributed by atoms with Gasteiger partial charge in [-0.1, -0.05) is 30.3 Å². The summed E-state index contributed by atoms with van der Waals surface area (Å²) in [6.45, 7) is 0.365. The molecule has 0 aliphatic carbocycles. The van der Waals surface area contributed by atoms with Crippen molar-refractivity contribution in [3.63, 3.8) is 0 Å². The molecule has 29 heavy (non-hydrogen) atoms. The van der Waals surface area contributed by atoms with Gasteiger partial charge in [0.05, 0.1) is 5.56 Å². The Kier molecular flexibility index (Phi) is 5.10. The Bertz CT molecular complexity index is 1060. The van der Waals surface area contributed by atoms with Gasteiger partial charge in [0.1, 0.15) is 10.7 Å². The summed E-state index contributed by atoms with van der Waals surface area (Å²) < 4.78 is 45.7. The minimum Gasteiger partial charge on any atom is -0.448 e. The molecule has 2 aromatic rings. The molecule has 2 aromatic carbocycles. The summed E-state index contributed by atoms with van der Waals surface area (Å²) >= 11 is 0. The summed E-state index contributed by atoms with van der Waals surface area (Å²) in [4.78, 5) is 26.1. The van der Waals surface area contributed by atoms with E-state index >= 15 is 0 Å². The molecule has 7 nitrogen and oxygen atoms in total. The quantitative estimate of drug-likeness (QED) is 0.705. The lowest BCUT2D eigenvalue weighted by atomic mass is 9.98. The minimum atomic E-state index is -3.98. The van der Waals surface area contributed by atoms with Crippen LogP contribution in [-0.2, 0) is 26.0 Å². The average molecular weight is 418 g/mol. The Hall–Kier alpha value is -2.78. The molecule has 0 aromatic heterocycles.